The highest BCUT2D eigenvalue weighted by Crippen LogP contribution is 2.38. The molecule has 6 heteroatoms. The van der Waals surface area contributed by atoms with Gasteiger partial charge < -0.3 is 9.80 Å². The van der Waals surface area contributed by atoms with Crippen LogP contribution in [-0.4, -0.2) is 24.9 Å². The number of hydrogen-bond acceptors (Lipinski definition) is 2. The Kier molecular flexibility index (Phi) is 5.70. The number of halogens is 2. The quantitative estimate of drug-likeness (QED) is 0.660. The number of benzene rings is 2. The number of amides is 2. The van der Waals surface area contributed by atoms with E-state index in [2.05, 4.69) is 0 Å². The first-order chi connectivity index (χ1) is 15.5. The zero-order chi connectivity index (χ0) is 22.2. The average molecular weight is 439 g/mol. The smallest absolute Gasteiger partial charge is 0.230 e. The monoisotopic (exact) mass is 438 g/mol. The highest BCUT2D eigenvalue weighted by molar-refractivity contribution is 5.98. The number of fused-ring (bicyclic) bond motifs is 2. The molecule has 2 amide bonds. The van der Waals surface area contributed by atoms with E-state index in [0.717, 1.165) is 36.8 Å². The summed E-state index contributed by atoms with van der Waals surface area (Å²) in [6, 6.07) is 10.00. The number of rotatable bonds is 2. The molecule has 0 radical (unpaired) electrons. The van der Waals surface area contributed by atoms with Crippen molar-refractivity contribution in [3.8, 4) is 0 Å². The topological polar surface area (TPSA) is 40.6 Å². The fraction of sp³-hybridized carbons (Fsp3) is 0.462. The van der Waals surface area contributed by atoms with Gasteiger partial charge in [0.1, 0.15) is 11.6 Å². The predicted molar refractivity (Wildman–Crippen MR) is 120 cm³/mol. The molecule has 2 aromatic carbocycles. The van der Waals surface area contributed by atoms with Crippen LogP contribution in [0.1, 0.15) is 49.7 Å². The predicted octanol–water partition coefficient (Wildman–Crippen LogP) is 5.03. The summed E-state index contributed by atoms with van der Waals surface area (Å²) in [4.78, 5) is 29.8. The minimum absolute atomic E-state index is 0.0312. The molecule has 5 rings (SSSR count). The first kappa shape index (κ1) is 21.1. The van der Waals surface area contributed by atoms with E-state index in [1.165, 1.54) is 12.1 Å². The first-order valence-electron chi connectivity index (χ1n) is 11.7. The third-order valence-electron chi connectivity index (χ3n) is 7.29. The Morgan fingerprint density at radius 1 is 0.688 bits per heavy atom. The summed E-state index contributed by atoms with van der Waals surface area (Å²) >= 11 is 0. The van der Waals surface area contributed by atoms with Gasteiger partial charge in [0, 0.05) is 24.9 Å². The maximum Gasteiger partial charge on any atom is 0.230 e. The molecule has 2 aromatic rings. The molecule has 0 bridgehead atoms. The van der Waals surface area contributed by atoms with Crippen molar-refractivity contribution in [2.45, 2.75) is 51.4 Å². The molecule has 2 aliphatic heterocycles. The molecule has 1 aliphatic carbocycles. The third-order valence-corrected chi connectivity index (χ3v) is 7.29. The maximum absolute atomic E-state index is 14.5. The molecule has 0 unspecified atom stereocenters. The van der Waals surface area contributed by atoms with Crippen LogP contribution in [0.25, 0.3) is 0 Å². The molecule has 0 N–H and O–H groups in total. The van der Waals surface area contributed by atoms with Crippen LogP contribution in [0.2, 0.25) is 0 Å². The lowest BCUT2D eigenvalue weighted by atomic mass is 9.80. The number of nitrogens with zero attached hydrogens (tertiary/aromatic N) is 2. The lowest BCUT2D eigenvalue weighted by Gasteiger charge is -2.37. The van der Waals surface area contributed by atoms with Crippen LogP contribution in [0, 0.1) is 23.5 Å². The molecule has 0 saturated heterocycles. The van der Waals surface area contributed by atoms with Crippen LogP contribution in [0.15, 0.2) is 36.4 Å². The molecule has 0 atom stereocenters. The van der Waals surface area contributed by atoms with Crippen molar-refractivity contribution in [3.63, 3.8) is 0 Å². The SMILES string of the molecule is O=C(C1CCC(C(=O)N2CCCc3cccc(F)c32)CC1)N1CCCc2cccc(F)c21. The molecule has 1 saturated carbocycles. The molecule has 2 heterocycles. The lowest BCUT2D eigenvalue weighted by Crippen LogP contribution is -2.44. The van der Waals surface area contributed by atoms with Gasteiger partial charge in [-0.1, -0.05) is 24.3 Å². The number of carbonyl (C=O) groups is 2. The Balaban J connectivity index is 1.27. The van der Waals surface area contributed by atoms with Crippen LogP contribution < -0.4 is 9.80 Å². The van der Waals surface area contributed by atoms with E-state index < -0.39 is 0 Å². The highest BCUT2D eigenvalue weighted by atomic mass is 19.1. The van der Waals surface area contributed by atoms with E-state index in [1.807, 2.05) is 12.1 Å². The van der Waals surface area contributed by atoms with Crippen molar-refractivity contribution in [1.29, 1.82) is 0 Å². The van der Waals surface area contributed by atoms with Crippen molar-refractivity contribution in [1.82, 2.24) is 0 Å². The van der Waals surface area contributed by atoms with Crippen molar-refractivity contribution in [2.75, 3.05) is 22.9 Å². The Hall–Kier alpha value is -2.76. The zero-order valence-corrected chi connectivity index (χ0v) is 18.2. The van der Waals surface area contributed by atoms with Gasteiger partial charge in [0.25, 0.3) is 0 Å². The van der Waals surface area contributed by atoms with E-state index in [9.17, 15) is 18.4 Å². The van der Waals surface area contributed by atoms with E-state index >= 15 is 0 Å². The van der Waals surface area contributed by atoms with Crippen molar-refractivity contribution in [3.05, 3.63) is 59.2 Å². The molecule has 1 fully saturated rings. The largest absolute Gasteiger partial charge is 0.309 e. The second kappa shape index (κ2) is 8.64. The summed E-state index contributed by atoms with van der Waals surface area (Å²) in [5.41, 5.74) is 2.64. The summed E-state index contributed by atoms with van der Waals surface area (Å²) in [5.74, 6) is -1.15. The Morgan fingerprint density at radius 2 is 1.09 bits per heavy atom. The van der Waals surface area contributed by atoms with Crippen LogP contribution in [0.4, 0.5) is 20.2 Å². The number of hydrogen-bond donors (Lipinski definition) is 0. The Labute approximate surface area is 187 Å². The third kappa shape index (κ3) is 3.70. The van der Waals surface area contributed by atoms with E-state index in [1.54, 1.807) is 21.9 Å². The molecule has 4 nitrogen and oxygen atoms in total. The van der Waals surface area contributed by atoms with Crippen LogP contribution in [0.3, 0.4) is 0 Å². The average Bonchev–Trinajstić information content (AvgIpc) is 2.83. The summed E-state index contributed by atoms with van der Waals surface area (Å²) in [7, 11) is 0. The van der Waals surface area contributed by atoms with Crippen LogP contribution in [-0.2, 0) is 22.4 Å². The molecule has 32 heavy (non-hydrogen) atoms. The van der Waals surface area contributed by atoms with Gasteiger partial charge in [0.15, 0.2) is 0 Å². The van der Waals surface area contributed by atoms with Crippen molar-refractivity contribution in [2.24, 2.45) is 11.8 Å². The minimum atomic E-state index is -0.342. The zero-order valence-electron chi connectivity index (χ0n) is 18.2. The van der Waals surface area contributed by atoms with Crippen LogP contribution in [0.5, 0.6) is 0 Å². The van der Waals surface area contributed by atoms with Gasteiger partial charge in [-0.3, -0.25) is 9.59 Å². The number of carbonyl (C=O) groups excluding carboxylic acids is 2. The highest BCUT2D eigenvalue weighted by Gasteiger charge is 2.37. The maximum atomic E-state index is 14.5. The minimum Gasteiger partial charge on any atom is -0.309 e. The molecular formula is C26H28F2N2O2. The summed E-state index contributed by atoms with van der Waals surface area (Å²) in [5, 5.41) is 0. The van der Waals surface area contributed by atoms with Gasteiger partial charge in [0.2, 0.25) is 11.8 Å². The van der Waals surface area contributed by atoms with Crippen LogP contribution >= 0.6 is 0 Å². The number of para-hydroxylation sites is 2. The summed E-state index contributed by atoms with van der Waals surface area (Å²) in [6.45, 7) is 1.07. The Bertz CT molecular complexity index is 963. The number of anilines is 2. The second-order valence-electron chi connectivity index (χ2n) is 9.23. The van der Waals surface area contributed by atoms with Gasteiger partial charge in [-0.15, -0.1) is 0 Å². The van der Waals surface area contributed by atoms with Gasteiger partial charge in [-0.25, -0.2) is 8.78 Å². The van der Waals surface area contributed by atoms with E-state index in [4.69, 9.17) is 0 Å². The fourth-order valence-corrected chi connectivity index (χ4v) is 5.68. The summed E-state index contributed by atoms with van der Waals surface area (Å²) in [6.07, 6.45) is 5.64. The number of aryl methyl sites for hydroxylation is 2. The van der Waals surface area contributed by atoms with Gasteiger partial charge in [0.05, 0.1) is 11.4 Å². The van der Waals surface area contributed by atoms with Crippen molar-refractivity contribution >= 4 is 23.2 Å². The van der Waals surface area contributed by atoms with Gasteiger partial charge >= 0.3 is 0 Å². The molecule has 168 valence electrons. The molecular weight excluding hydrogens is 410 g/mol. The second-order valence-corrected chi connectivity index (χ2v) is 9.23. The van der Waals surface area contributed by atoms with E-state index in [0.29, 0.717) is 50.1 Å². The molecule has 0 spiro atoms. The van der Waals surface area contributed by atoms with Gasteiger partial charge in [-0.05, 0) is 74.6 Å². The normalized spacial score (nSPS) is 22.8. The van der Waals surface area contributed by atoms with E-state index in [-0.39, 0.29) is 35.3 Å². The fourth-order valence-electron chi connectivity index (χ4n) is 5.68. The first-order valence-corrected chi connectivity index (χ1v) is 11.7. The Morgan fingerprint density at radius 3 is 1.50 bits per heavy atom. The standard InChI is InChI=1S/C26H28F2N2O2/c27-21-9-1-5-17-7-3-15-29(23(17)21)25(31)19-11-13-20(14-12-19)26(32)30-16-4-8-18-6-2-10-22(28)24(18)30/h1-2,5-6,9-10,19-20H,3-4,7-8,11-16H2. The van der Waals surface area contributed by atoms with Crippen molar-refractivity contribution < 1.29 is 18.4 Å². The lowest BCUT2D eigenvalue weighted by molar-refractivity contribution is -0.127. The van der Waals surface area contributed by atoms with Gasteiger partial charge in [-0.2, -0.15) is 0 Å². The molecule has 3 aliphatic rings. The summed E-state index contributed by atoms with van der Waals surface area (Å²) < 4.78 is 29.0. The molecule has 0 aromatic heterocycles.